The first kappa shape index (κ1) is 12.6. The van der Waals surface area contributed by atoms with Crippen molar-refractivity contribution in [2.45, 2.75) is 27.4 Å². The second kappa shape index (κ2) is 6.89. The Bertz CT molecular complexity index is 347. The summed E-state index contributed by atoms with van der Waals surface area (Å²) in [7, 11) is 0. The van der Waals surface area contributed by atoms with Gasteiger partial charge in [-0.25, -0.2) is 0 Å². The van der Waals surface area contributed by atoms with Crippen molar-refractivity contribution in [1.82, 2.24) is 0 Å². The molecule has 1 aromatic carbocycles. The molecule has 0 unspecified atom stereocenters. The van der Waals surface area contributed by atoms with Gasteiger partial charge in [-0.15, -0.1) is 0 Å². The van der Waals surface area contributed by atoms with Gasteiger partial charge in [0.25, 0.3) is 0 Å². The normalized spacial score (nSPS) is 12.4. The van der Waals surface area contributed by atoms with Crippen LogP contribution < -0.4 is 0 Å². The average molecular weight is 216 g/mol. The summed E-state index contributed by atoms with van der Waals surface area (Å²) in [5.41, 5.74) is 1.19. The maximum absolute atomic E-state index is 5.70. The van der Waals surface area contributed by atoms with E-state index in [0.717, 1.165) is 5.76 Å². The largest absolute Gasteiger partial charge is 0.489 e. The number of allylic oxidation sites excluding steroid dienone is 3. The quantitative estimate of drug-likeness (QED) is 0.526. The summed E-state index contributed by atoms with van der Waals surface area (Å²) in [5, 5.41) is 0. The highest BCUT2D eigenvalue weighted by atomic mass is 16.5. The van der Waals surface area contributed by atoms with E-state index in [1.807, 2.05) is 37.3 Å². The highest BCUT2D eigenvalue weighted by molar-refractivity contribution is 5.16. The Morgan fingerprint density at radius 1 is 1.25 bits per heavy atom. The molecule has 1 rings (SSSR count). The molecule has 0 aliphatic carbocycles. The van der Waals surface area contributed by atoms with E-state index in [9.17, 15) is 0 Å². The van der Waals surface area contributed by atoms with Crippen LogP contribution in [-0.4, -0.2) is 0 Å². The molecule has 0 saturated heterocycles. The Kier molecular flexibility index (Phi) is 5.41. The van der Waals surface area contributed by atoms with Gasteiger partial charge in [0.2, 0.25) is 0 Å². The minimum atomic E-state index is 0.551. The lowest BCUT2D eigenvalue weighted by molar-refractivity contribution is 0.210. The van der Waals surface area contributed by atoms with Crippen molar-refractivity contribution in [1.29, 1.82) is 0 Å². The summed E-state index contributed by atoms with van der Waals surface area (Å²) < 4.78 is 5.70. The first-order valence-electron chi connectivity index (χ1n) is 5.73. The van der Waals surface area contributed by atoms with Gasteiger partial charge in [-0.3, -0.25) is 0 Å². The molecule has 0 fully saturated rings. The Labute approximate surface area is 98.5 Å². The van der Waals surface area contributed by atoms with Gasteiger partial charge in [0.1, 0.15) is 12.4 Å². The van der Waals surface area contributed by atoms with Crippen molar-refractivity contribution < 1.29 is 4.74 Å². The molecule has 0 spiro atoms. The van der Waals surface area contributed by atoms with Crippen LogP contribution >= 0.6 is 0 Å². The third-order valence-corrected chi connectivity index (χ3v) is 2.18. The van der Waals surface area contributed by atoms with E-state index in [2.05, 4.69) is 32.1 Å². The molecule has 0 aliphatic rings. The summed E-state index contributed by atoms with van der Waals surface area (Å²) in [6.07, 6.45) is 6.16. The van der Waals surface area contributed by atoms with Crippen molar-refractivity contribution in [3.63, 3.8) is 0 Å². The molecule has 86 valence electrons. The van der Waals surface area contributed by atoms with Gasteiger partial charge in [-0.2, -0.15) is 0 Å². The van der Waals surface area contributed by atoms with Crippen molar-refractivity contribution in [3.05, 3.63) is 59.9 Å². The summed E-state index contributed by atoms with van der Waals surface area (Å²) >= 11 is 0. The fourth-order valence-electron chi connectivity index (χ4n) is 1.26. The number of hydrogen-bond acceptors (Lipinski definition) is 1. The van der Waals surface area contributed by atoms with Crippen LogP contribution in [0.4, 0.5) is 0 Å². The van der Waals surface area contributed by atoms with Crippen molar-refractivity contribution in [3.8, 4) is 0 Å². The van der Waals surface area contributed by atoms with Crippen LogP contribution in [0.5, 0.6) is 0 Å². The molecule has 0 amide bonds. The fraction of sp³-hybridized carbons (Fsp3) is 0.333. The van der Waals surface area contributed by atoms with Crippen LogP contribution in [0, 0.1) is 5.92 Å². The highest BCUT2D eigenvalue weighted by Crippen LogP contribution is 2.08. The van der Waals surface area contributed by atoms with Crippen LogP contribution in [0.25, 0.3) is 0 Å². The molecular formula is C15H20O. The van der Waals surface area contributed by atoms with Crippen LogP contribution in [0.15, 0.2) is 54.3 Å². The van der Waals surface area contributed by atoms with E-state index in [-0.39, 0.29) is 0 Å². The molecule has 0 heterocycles. The Balaban J connectivity index is 2.47. The predicted octanol–water partition coefficient (Wildman–Crippen LogP) is 4.32. The summed E-state index contributed by atoms with van der Waals surface area (Å²) in [6, 6.07) is 10.2. The maximum Gasteiger partial charge on any atom is 0.115 e. The Hall–Kier alpha value is -1.50. The van der Waals surface area contributed by atoms with Crippen LogP contribution in [-0.2, 0) is 11.3 Å². The minimum Gasteiger partial charge on any atom is -0.489 e. The zero-order chi connectivity index (χ0) is 11.8. The van der Waals surface area contributed by atoms with E-state index in [4.69, 9.17) is 4.74 Å². The molecular weight excluding hydrogens is 196 g/mol. The lowest BCUT2D eigenvalue weighted by Crippen LogP contribution is -1.91. The van der Waals surface area contributed by atoms with Crippen LogP contribution in [0.3, 0.4) is 0 Å². The van der Waals surface area contributed by atoms with E-state index in [1.165, 1.54) is 5.56 Å². The lowest BCUT2D eigenvalue weighted by Gasteiger charge is -2.07. The lowest BCUT2D eigenvalue weighted by atomic mass is 10.2. The second-order valence-corrected chi connectivity index (χ2v) is 4.07. The number of ether oxygens (including phenoxy) is 1. The molecule has 0 N–H and O–H groups in total. The van der Waals surface area contributed by atoms with Gasteiger partial charge < -0.3 is 4.74 Å². The van der Waals surface area contributed by atoms with Gasteiger partial charge in [0.15, 0.2) is 0 Å². The summed E-state index contributed by atoms with van der Waals surface area (Å²) in [6.45, 7) is 6.93. The number of benzene rings is 1. The molecule has 0 atom stereocenters. The van der Waals surface area contributed by atoms with Gasteiger partial charge >= 0.3 is 0 Å². The number of hydrogen-bond donors (Lipinski definition) is 0. The zero-order valence-corrected chi connectivity index (χ0v) is 10.3. The van der Waals surface area contributed by atoms with Gasteiger partial charge in [0, 0.05) is 0 Å². The topological polar surface area (TPSA) is 9.23 Å². The van der Waals surface area contributed by atoms with Crippen molar-refractivity contribution >= 4 is 0 Å². The number of rotatable bonds is 5. The smallest absolute Gasteiger partial charge is 0.115 e. The Morgan fingerprint density at radius 2 is 1.94 bits per heavy atom. The molecule has 1 heteroatoms. The monoisotopic (exact) mass is 216 g/mol. The summed E-state index contributed by atoms with van der Waals surface area (Å²) in [5.74, 6) is 1.48. The summed E-state index contributed by atoms with van der Waals surface area (Å²) in [4.78, 5) is 0. The molecule has 1 aromatic rings. The van der Waals surface area contributed by atoms with E-state index in [0.29, 0.717) is 12.5 Å². The Morgan fingerprint density at radius 3 is 2.50 bits per heavy atom. The zero-order valence-electron chi connectivity index (χ0n) is 10.3. The molecule has 0 radical (unpaired) electrons. The predicted molar refractivity (Wildman–Crippen MR) is 69.0 cm³/mol. The van der Waals surface area contributed by atoms with Gasteiger partial charge in [0.05, 0.1) is 0 Å². The molecule has 0 saturated carbocycles. The highest BCUT2D eigenvalue weighted by Gasteiger charge is 1.94. The van der Waals surface area contributed by atoms with E-state index in [1.54, 1.807) is 0 Å². The first-order valence-corrected chi connectivity index (χ1v) is 5.73. The maximum atomic E-state index is 5.70. The molecule has 16 heavy (non-hydrogen) atoms. The SMILES string of the molecule is C/C=C(\C=C/C(C)C)OCc1ccccc1. The van der Waals surface area contributed by atoms with Crippen molar-refractivity contribution in [2.24, 2.45) is 5.92 Å². The van der Waals surface area contributed by atoms with Crippen LogP contribution in [0.1, 0.15) is 26.3 Å². The standard InChI is InChI=1S/C15H20O/c1-4-15(11-10-13(2)3)16-12-14-8-6-5-7-9-14/h4-11,13H,12H2,1-3H3/b11-10-,15-4+. The molecule has 0 aliphatic heterocycles. The second-order valence-electron chi connectivity index (χ2n) is 4.07. The minimum absolute atomic E-state index is 0.551. The van der Waals surface area contributed by atoms with E-state index >= 15 is 0 Å². The average Bonchev–Trinajstić information content (AvgIpc) is 2.30. The first-order chi connectivity index (χ1) is 7.72. The van der Waals surface area contributed by atoms with Crippen molar-refractivity contribution in [2.75, 3.05) is 0 Å². The molecule has 0 aromatic heterocycles. The fourth-order valence-corrected chi connectivity index (χ4v) is 1.26. The van der Waals surface area contributed by atoms with Crippen LogP contribution in [0.2, 0.25) is 0 Å². The van der Waals surface area contributed by atoms with Gasteiger partial charge in [-0.1, -0.05) is 50.3 Å². The molecule has 1 nitrogen and oxygen atoms in total. The van der Waals surface area contributed by atoms with Gasteiger partial charge in [-0.05, 0) is 30.6 Å². The van der Waals surface area contributed by atoms with E-state index < -0.39 is 0 Å². The third kappa shape index (κ3) is 4.83. The molecule has 0 bridgehead atoms. The third-order valence-electron chi connectivity index (χ3n) is 2.18.